The summed E-state index contributed by atoms with van der Waals surface area (Å²) >= 11 is 0. The summed E-state index contributed by atoms with van der Waals surface area (Å²) in [4.78, 5) is 0. The van der Waals surface area contributed by atoms with Gasteiger partial charge in [-0.25, -0.2) is 0 Å². The van der Waals surface area contributed by atoms with Crippen molar-refractivity contribution < 1.29 is 0 Å². The van der Waals surface area contributed by atoms with Crippen molar-refractivity contribution in [1.82, 2.24) is 0 Å². The second-order valence-corrected chi connectivity index (χ2v) is 4.98. The molecule has 0 unspecified atom stereocenters. The minimum Gasteiger partial charge on any atom is -0.177 e. The van der Waals surface area contributed by atoms with Gasteiger partial charge in [0.05, 0.1) is 5.69 Å². The van der Waals surface area contributed by atoms with E-state index in [0.29, 0.717) is 0 Å². The zero-order valence-electron chi connectivity index (χ0n) is 11.7. The first kappa shape index (κ1) is 14.2. The second kappa shape index (κ2) is 6.80. The maximum Gasteiger partial charge on any atom is 0.107 e. The van der Waals surface area contributed by atoms with Gasteiger partial charge in [0, 0.05) is 5.41 Å². The zero-order valence-corrected chi connectivity index (χ0v) is 11.7. The Morgan fingerprint density at radius 1 is 1.00 bits per heavy atom. The highest BCUT2D eigenvalue weighted by Crippen LogP contribution is 2.34. The Morgan fingerprint density at radius 3 is 2.15 bits per heavy atom. The van der Waals surface area contributed by atoms with Gasteiger partial charge in [-0.1, -0.05) is 54.7 Å². The molecule has 102 valence electrons. The lowest BCUT2D eigenvalue weighted by atomic mass is 9.77. The molecular formula is C18H20N2. The molecule has 0 N–H and O–H groups in total. The maximum atomic E-state index is 4.34. The van der Waals surface area contributed by atoms with Crippen LogP contribution in [0.4, 0.5) is 5.69 Å². The van der Waals surface area contributed by atoms with Crippen molar-refractivity contribution in [1.29, 1.82) is 0 Å². The lowest BCUT2D eigenvalue weighted by Gasteiger charge is -2.27. The van der Waals surface area contributed by atoms with Gasteiger partial charge in [0.1, 0.15) is 6.04 Å². The van der Waals surface area contributed by atoms with Crippen LogP contribution in [0.25, 0.3) is 0 Å². The van der Waals surface area contributed by atoms with Crippen molar-refractivity contribution in [2.75, 3.05) is 0 Å². The smallest absolute Gasteiger partial charge is 0.107 e. The molecule has 2 nitrogen and oxygen atoms in total. The van der Waals surface area contributed by atoms with Crippen molar-refractivity contribution in [3.05, 3.63) is 79.9 Å². The van der Waals surface area contributed by atoms with Crippen LogP contribution in [-0.2, 0) is 0 Å². The van der Waals surface area contributed by atoms with E-state index in [1.54, 1.807) is 0 Å². The number of benzene rings is 1. The predicted molar refractivity (Wildman–Crippen MR) is 85.1 cm³/mol. The third-order valence-electron chi connectivity index (χ3n) is 3.36. The van der Waals surface area contributed by atoms with E-state index in [-0.39, 0.29) is 11.5 Å². The molecule has 0 aliphatic heterocycles. The number of rotatable bonds is 6. The summed E-state index contributed by atoms with van der Waals surface area (Å²) in [5.74, 6) is 0. The normalized spacial score (nSPS) is 17.4. The highest BCUT2D eigenvalue weighted by Gasteiger charge is 2.24. The molecule has 2 rings (SSSR count). The van der Waals surface area contributed by atoms with Gasteiger partial charge in [0.25, 0.3) is 0 Å². The predicted octanol–water partition coefficient (Wildman–Crippen LogP) is 5.40. The van der Waals surface area contributed by atoms with Crippen LogP contribution in [0.1, 0.15) is 12.8 Å². The van der Waals surface area contributed by atoms with Gasteiger partial charge in [-0.15, -0.1) is 13.2 Å². The first-order valence-corrected chi connectivity index (χ1v) is 6.84. The quantitative estimate of drug-likeness (QED) is 0.485. The Balaban J connectivity index is 2.05. The summed E-state index contributed by atoms with van der Waals surface area (Å²) in [6, 6.07) is 9.79. The Labute approximate surface area is 120 Å². The molecule has 1 aromatic rings. The van der Waals surface area contributed by atoms with Gasteiger partial charge in [0.15, 0.2) is 0 Å². The molecule has 0 heterocycles. The van der Waals surface area contributed by atoms with Crippen LogP contribution < -0.4 is 0 Å². The Bertz CT molecular complexity index is 512. The van der Waals surface area contributed by atoms with Gasteiger partial charge in [-0.3, -0.25) is 0 Å². The SMILES string of the molecule is C=CCC1(CC=C)C=CC(/N=N/c2ccccc2)C=C1. The van der Waals surface area contributed by atoms with Crippen LogP contribution in [-0.4, -0.2) is 6.04 Å². The van der Waals surface area contributed by atoms with Crippen molar-refractivity contribution >= 4 is 5.69 Å². The molecule has 0 atom stereocenters. The lowest BCUT2D eigenvalue weighted by Crippen LogP contribution is -2.18. The molecule has 0 saturated heterocycles. The molecule has 0 amide bonds. The molecular weight excluding hydrogens is 244 g/mol. The Hall–Kier alpha value is -2.22. The first-order valence-electron chi connectivity index (χ1n) is 6.84. The standard InChI is InChI=1S/C18H20N2/c1-3-12-18(13-4-2)14-10-17(11-15-18)20-19-16-8-6-5-7-9-16/h3-11,14-15,17H,1-2,12-13H2/b20-19+. The number of hydrogen-bond acceptors (Lipinski definition) is 2. The van der Waals surface area contributed by atoms with E-state index in [1.165, 1.54) is 0 Å². The second-order valence-electron chi connectivity index (χ2n) is 4.98. The van der Waals surface area contributed by atoms with Gasteiger partial charge in [-0.2, -0.15) is 10.2 Å². The summed E-state index contributed by atoms with van der Waals surface area (Å²) in [5, 5.41) is 8.59. The van der Waals surface area contributed by atoms with Gasteiger partial charge >= 0.3 is 0 Å². The van der Waals surface area contributed by atoms with Gasteiger partial charge in [-0.05, 0) is 25.0 Å². The van der Waals surface area contributed by atoms with E-state index in [0.717, 1.165) is 18.5 Å². The van der Waals surface area contributed by atoms with Crippen LogP contribution in [0.2, 0.25) is 0 Å². The molecule has 1 aliphatic rings. The highest BCUT2D eigenvalue weighted by molar-refractivity contribution is 5.35. The fraction of sp³-hybridized carbons (Fsp3) is 0.222. The van der Waals surface area contributed by atoms with Crippen molar-refractivity contribution in [3.8, 4) is 0 Å². The van der Waals surface area contributed by atoms with Crippen LogP contribution in [0.15, 0.2) is 90.2 Å². The van der Waals surface area contributed by atoms with Crippen LogP contribution in [0.3, 0.4) is 0 Å². The average molecular weight is 264 g/mol. The number of azo groups is 1. The summed E-state index contributed by atoms with van der Waals surface area (Å²) in [6.07, 6.45) is 14.3. The molecule has 2 heteroatoms. The highest BCUT2D eigenvalue weighted by atomic mass is 15.1. The average Bonchev–Trinajstić information content (AvgIpc) is 2.48. The molecule has 0 saturated carbocycles. The van der Waals surface area contributed by atoms with E-state index in [1.807, 2.05) is 42.5 Å². The fourth-order valence-electron chi connectivity index (χ4n) is 2.30. The summed E-state index contributed by atoms with van der Waals surface area (Å²) in [5.41, 5.74) is 0.894. The topological polar surface area (TPSA) is 24.7 Å². The molecule has 0 aromatic heterocycles. The maximum absolute atomic E-state index is 4.34. The number of hydrogen-bond donors (Lipinski definition) is 0. The largest absolute Gasteiger partial charge is 0.177 e. The van der Waals surface area contributed by atoms with Crippen LogP contribution >= 0.6 is 0 Å². The molecule has 20 heavy (non-hydrogen) atoms. The van der Waals surface area contributed by atoms with Crippen LogP contribution in [0, 0.1) is 5.41 Å². The molecule has 0 bridgehead atoms. The van der Waals surface area contributed by atoms with Gasteiger partial charge in [0.2, 0.25) is 0 Å². The monoisotopic (exact) mass is 264 g/mol. The first-order chi connectivity index (χ1) is 9.78. The Morgan fingerprint density at radius 2 is 1.60 bits per heavy atom. The van der Waals surface area contributed by atoms with Crippen LogP contribution in [0.5, 0.6) is 0 Å². The van der Waals surface area contributed by atoms with E-state index >= 15 is 0 Å². The fourth-order valence-corrected chi connectivity index (χ4v) is 2.30. The Kier molecular flexibility index (Phi) is 4.83. The van der Waals surface area contributed by atoms with E-state index in [2.05, 4.69) is 47.7 Å². The molecule has 0 fully saturated rings. The zero-order chi connectivity index (χ0) is 14.3. The number of allylic oxidation sites excluding steroid dienone is 4. The summed E-state index contributed by atoms with van der Waals surface area (Å²) < 4.78 is 0. The summed E-state index contributed by atoms with van der Waals surface area (Å²) in [6.45, 7) is 7.67. The van der Waals surface area contributed by atoms with Crippen molar-refractivity contribution in [2.24, 2.45) is 15.6 Å². The van der Waals surface area contributed by atoms with E-state index < -0.39 is 0 Å². The molecule has 1 aromatic carbocycles. The van der Waals surface area contributed by atoms with E-state index in [4.69, 9.17) is 0 Å². The van der Waals surface area contributed by atoms with Crippen molar-refractivity contribution in [2.45, 2.75) is 18.9 Å². The van der Waals surface area contributed by atoms with Gasteiger partial charge < -0.3 is 0 Å². The minimum atomic E-state index is 0.0120. The third-order valence-corrected chi connectivity index (χ3v) is 3.36. The third kappa shape index (κ3) is 3.64. The number of nitrogens with zero attached hydrogens (tertiary/aromatic N) is 2. The molecule has 1 aliphatic carbocycles. The summed E-state index contributed by atoms with van der Waals surface area (Å²) in [7, 11) is 0. The molecule has 0 radical (unpaired) electrons. The lowest BCUT2D eigenvalue weighted by molar-refractivity contribution is 0.497. The molecule has 0 spiro atoms. The van der Waals surface area contributed by atoms with E-state index in [9.17, 15) is 0 Å². The van der Waals surface area contributed by atoms with Crippen molar-refractivity contribution in [3.63, 3.8) is 0 Å². The minimum absolute atomic E-state index is 0.0120.